The molecule has 0 spiro atoms. The highest BCUT2D eigenvalue weighted by Gasteiger charge is 2.35. The van der Waals surface area contributed by atoms with E-state index < -0.39 is 6.23 Å². The van der Waals surface area contributed by atoms with Crippen molar-refractivity contribution in [2.45, 2.75) is 50.9 Å². The number of hydrogen-bond donors (Lipinski definition) is 0. The lowest BCUT2D eigenvalue weighted by Gasteiger charge is -2.29. The number of nitrogens with zero attached hydrogens (tertiary/aromatic N) is 5. The zero-order valence-electron chi connectivity index (χ0n) is 17.7. The van der Waals surface area contributed by atoms with Gasteiger partial charge >= 0.3 is 0 Å². The normalized spacial score (nSPS) is 14.9. The standard InChI is InChI=1S/C23H25N5O2S/c1-3-4-5-10-15-31-23-25-21-20(26-27-23)17-11-6-7-13-19(17)28(16(2)29)22(30-21)18-12-8-9-14-24-18/h6-9,11-14,22H,3-5,10,15H2,1-2H3/t22-/m1/s1. The van der Waals surface area contributed by atoms with Crippen molar-refractivity contribution in [2.75, 3.05) is 10.7 Å². The number of anilines is 1. The van der Waals surface area contributed by atoms with Crippen LogP contribution in [0, 0.1) is 0 Å². The van der Waals surface area contributed by atoms with Gasteiger partial charge in [0.15, 0.2) is 5.69 Å². The fourth-order valence-electron chi connectivity index (χ4n) is 3.52. The Hall–Kier alpha value is -3.00. The molecule has 31 heavy (non-hydrogen) atoms. The molecule has 0 bridgehead atoms. The predicted octanol–water partition coefficient (Wildman–Crippen LogP) is 5.05. The van der Waals surface area contributed by atoms with E-state index in [0.29, 0.717) is 28.1 Å². The zero-order chi connectivity index (χ0) is 21.6. The molecule has 1 aliphatic heterocycles. The van der Waals surface area contributed by atoms with Crippen LogP contribution in [0.3, 0.4) is 0 Å². The van der Waals surface area contributed by atoms with Gasteiger partial charge in [-0.1, -0.05) is 62.2 Å². The molecule has 2 aromatic heterocycles. The molecule has 0 N–H and O–H groups in total. The Kier molecular flexibility index (Phi) is 6.76. The Bertz CT molecular complexity index is 1050. The zero-order valence-corrected chi connectivity index (χ0v) is 18.5. The van der Waals surface area contributed by atoms with Crippen LogP contribution < -0.4 is 9.64 Å². The average Bonchev–Trinajstić information content (AvgIpc) is 2.94. The second kappa shape index (κ2) is 9.87. The van der Waals surface area contributed by atoms with E-state index in [1.807, 2.05) is 42.5 Å². The monoisotopic (exact) mass is 435 g/mol. The lowest BCUT2D eigenvalue weighted by atomic mass is 10.1. The SMILES string of the molecule is CCCCCCSc1nnc2c(n1)O[C@H](c1ccccn1)N(C(C)=O)c1ccccc1-2. The van der Waals surface area contributed by atoms with Crippen LogP contribution in [0.2, 0.25) is 0 Å². The minimum atomic E-state index is -0.750. The van der Waals surface area contributed by atoms with Gasteiger partial charge in [-0.25, -0.2) is 0 Å². The van der Waals surface area contributed by atoms with E-state index in [9.17, 15) is 4.79 Å². The van der Waals surface area contributed by atoms with Crippen molar-refractivity contribution in [3.8, 4) is 17.1 Å². The molecule has 0 aliphatic carbocycles. The van der Waals surface area contributed by atoms with Crippen molar-refractivity contribution < 1.29 is 9.53 Å². The van der Waals surface area contributed by atoms with Crippen molar-refractivity contribution in [1.82, 2.24) is 20.2 Å². The van der Waals surface area contributed by atoms with Crippen LogP contribution in [0.25, 0.3) is 11.3 Å². The molecule has 0 saturated carbocycles. The van der Waals surface area contributed by atoms with Gasteiger partial charge in [-0.2, -0.15) is 4.98 Å². The number of hydrogen-bond acceptors (Lipinski definition) is 7. The number of thioether (sulfide) groups is 1. The summed E-state index contributed by atoms with van der Waals surface area (Å²) in [6.45, 7) is 3.72. The van der Waals surface area contributed by atoms with Crippen molar-refractivity contribution in [1.29, 1.82) is 0 Å². The maximum atomic E-state index is 12.7. The molecule has 0 saturated heterocycles. The van der Waals surface area contributed by atoms with Crippen LogP contribution in [0.15, 0.2) is 53.8 Å². The van der Waals surface area contributed by atoms with Gasteiger partial charge in [-0.3, -0.25) is 14.7 Å². The van der Waals surface area contributed by atoms with Crippen LogP contribution in [0.5, 0.6) is 5.88 Å². The van der Waals surface area contributed by atoms with E-state index in [1.165, 1.54) is 26.2 Å². The van der Waals surface area contributed by atoms with Crippen molar-refractivity contribution >= 4 is 23.4 Å². The number of carbonyl (C=O) groups excluding carboxylic acids is 1. The topological polar surface area (TPSA) is 81.1 Å². The predicted molar refractivity (Wildman–Crippen MR) is 121 cm³/mol. The molecule has 160 valence electrons. The average molecular weight is 436 g/mol. The molecule has 4 rings (SSSR count). The van der Waals surface area contributed by atoms with Crippen LogP contribution in [-0.2, 0) is 4.79 Å². The highest BCUT2D eigenvalue weighted by molar-refractivity contribution is 7.99. The number of pyridine rings is 1. The molecule has 1 amide bonds. The first-order valence-electron chi connectivity index (χ1n) is 10.5. The summed E-state index contributed by atoms with van der Waals surface area (Å²) >= 11 is 1.58. The van der Waals surface area contributed by atoms with Gasteiger partial charge < -0.3 is 4.74 Å². The number of ether oxygens (including phenoxy) is 1. The molecule has 8 heteroatoms. The number of para-hydroxylation sites is 1. The second-order valence-electron chi connectivity index (χ2n) is 7.29. The summed E-state index contributed by atoms with van der Waals surface area (Å²) in [6, 6.07) is 13.1. The van der Waals surface area contributed by atoms with Crippen LogP contribution in [-0.4, -0.2) is 31.8 Å². The van der Waals surface area contributed by atoms with Gasteiger partial charge in [-0.05, 0) is 24.6 Å². The Labute approximate surface area is 186 Å². The molecule has 0 fully saturated rings. The van der Waals surface area contributed by atoms with Gasteiger partial charge in [0.2, 0.25) is 23.2 Å². The molecule has 1 aromatic carbocycles. The van der Waals surface area contributed by atoms with E-state index in [4.69, 9.17) is 4.74 Å². The van der Waals surface area contributed by atoms with Gasteiger partial charge in [0.05, 0.1) is 5.69 Å². The first kappa shape index (κ1) is 21.2. The summed E-state index contributed by atoms with van der Waals surface area (Å²) in [6.07, 6.45) is 5.68. The summed E-state index contributed by atoms with van der Waals surface area (Å²) < 4.78 is 6.30. The largest absolute Gasteiger partial charge is 0.445 e. The third kappa shape index (κ3) is 4.69. The summed E-state index contributed by atoms with van der Waals surface area (Å²) in [5, 5.41) is 9.33. The fraction of sp³-hybridized carbons (Fsp3) is 0.348. The lowest BCUT2D eigenvalue weighted by molar-refractivity contribution is -0.118. The van der Waals surface area contributed by atoms with E-state index in [0.717, 1.165) is 17.7 Å². The van der Waals surface area contributed by atoms with Crippen molar-refractivity contribution in [2.24, 2.45) is 0 Å². The van der Waals surface area contributed by atoms with Crippen LogP contribution in [0.1, 0.15) is 51.5 Å². The summed E-state index contributed by atoms with van der Waals surface area (Å²) in [7, 11) is 0. The van der Waals surface area contributed by atoms with Gasteiger partial charge in [0, 0.05) is 24.4 Å². The molecule has 3 aromatic rings. The Morgan fingerprint density at radius 2 is 1.94 bits per heavy atom. The molecular weight excluding hydrogens is 410 g/mol. The quantitative estimate of drug-likeness (QED) is 0.379. The molecule has 7 nitrogen and oxygen atoms in total. The number of aromatic nitrogens is 4. The van der Waals surface area contributed by atoms with Crippen LogP contribution in [0.4, 0.5) is 5.69 Å². The van der Waals surface area contributed by atoms with E-state index in [2.05, 4.69) is 27.1 Å². The highest BCUT2D eigenvalue weighted by atomic mass is 32.2. The molecule has 1 atom stereocenters. The van der Waals surface area contributed by atoms with Crippen LogP contribution >= 0.6 is 11.8 Å². The van der Waals surface area contributed by atoms with E-state index >= 15 is 0 Å². The highest BCUT2D eigenvalue weighted by Crippen LogP contribution is 2.42. The van der Waals surface area contributed by atoms with E-state index in [1.54, 1.807) is 22.9 Å². The Morgan fingerprint density at radius 1 is 1.10 bits per heavy atom. The Morgan fingerprint density at radius 3 is 2.71 bits per heavy atom. The van der Waals surface area contributed by atoms with Gasteiger partial charge in [-0.15, -0.1) is 10.2 Å². The third-order valence-corrected chi connectivity index (χ3v) is 5.94. The summed E-state index contributed by atoms with van der Waals surface area (Å²) in [5.41, 5.74) is 2.59. The minimum Gasteiger partial charge on any atom is -0.445 e. The van der Waals surface area contributed by atoms with Crippen molar-refractivity contribution in [3.05, 3.63) is 54.4 Å². The van der Waals surface area contributed by atoms with Gasteiger partial charge in [0.1, 0.15) is 5.69 Å². The molecule has 0 radical (unpaired) electrons. The second-order valence-corrected chi connectivity index (χ2v) is 8.35. The van der Waals surface area contributed by atoms with Crippen molar-refractivity contribution in [3.63, 3.8) is 0 Å². The fourth-order valence-corrected chi connectivity index (χ4v) is 4.30. The first-order valence-corrected chi connectivity index (χ1v) is 11.5. The molecule has 0 unspecified atom stereocenters. The smallest absolute Gasteiger partial charge is 0.247 e. The summed E-state index contributed by atoms with van der Waals surface area (Å²) in [5.74, 6) is 1.13. The number of benzene rings is 1. The molecular formula is C23H25N5O2S. The number of rotatable bonds is 7. The van der Waals surface area contributed by atoms with E-state index in [-0.39, 0.29) is 5.91 Å². The lowest BCUT2D eigenvalue weighted by Crippen LogP contribution is -2.36. The third-order valence-electron chi connectivity index (χ3n) is 5.02. The molecule has 1 aliphatic rings. The number of carbonyl (C=O) groups is 1. The number of fused-ring (bicyclic) bond motifs is 3. The summed E-state index contributed by atoms with van der Waals surface area (Å²) in [4.78, 5) is 23.4. The molecule has 3 heterocycles. The van der Waals surface area contributed by atoms with Gasteiger partial charge in [0.25, 0.3) is 0 Å². The maximum absolute atomic E-state index is 12.7. The first-order chi connectivity index (χ1) is 15.2. The number of amides is 1. The minimum absolute atomic E-state index is 0.158. The maximum Gasteiger partial charge on any atom is 0.247 e. The number of unbranched alkanes of at least 4 members (excludes halogenated alkanes) is 3. The Balaban J connectivity index is 1.73.